The van der Waals surface area contributed by atoms with Crippen molar-refractivity contribution in [2.75, 3.05) is 82.3 Å². The number of aromatic nitrogens is 4. The molecule has 2 atom stereocenters. The number of fused-ring (bicyclic) bond motifs is 2. The molecule has 4 aromatic rings. The van der Waals surface area contributed by atoms with Gasteiger partial charge < -0.3 is 29.7 Å². The molecule has 2 N–H and O–H groups in total. The summed E-state index contributed by atoms with van der Waals surface area (Å²) in [7, 11) is 0.919. The SMILES string of the molecule is COc1cc(N2CCC(N3C[C@H]4CN(C)C[C@H]4C3)CC2)c(C)cc1Nc1ncc(C(F)F)c(Nc2ccc3nccnc3c2P(C)(C)=O)n1. The average molecular weight is 692 g/mol. The molecule has 0 aliphatic carbocycles. The van der Waals surface area contributed by atoms with Crippen LogP contribution in [0.1, 0.15) is 30.4 Å². The maximum Gasteiger partial charge on any atom is 0.268 e. The first-order chi connectivity index (χ1) is 23.5. The number of ether oxygens (including phenoxy) is 1. The molecule has 3 fully saturated rings. The van der Waals surface area contributed by atoms with Gasteiger partial charge in [0.15, 0.2) is 0 Å². The highest BCUT2D eigenvalue weighted by Crippen LogP contribution is 2.42. The van der Waals surface area contributed by atoms with E-state index in [1.165, 1.54) is 32.4 Å². The second-order valence-corrected chi connectivity index (χ2v) is 17.2. The van der Waals surface area contributed by atoms with E-state index >= 15 is 0 Å². The molecule has 2 aromatic carbocycles. The molecule has 0 unspecified atom stereocenters. The third-order valence-electron chi connectivity index (χ3n) is 10.2. The number of anilines is 5. The zero-order valence-corrected chi connectivity index (χ0v) is 29.6. The van der Waals surface area contributed by atoms with E-state index in [0.29, 0.717) is 39.5 Å². The second kappa shape index (κ2) is 13.4. The molecule has 7 rings (SSSR count). The van der Waals surface area contributed by atoms with Gasteiger partial charge in [-0.05, 0) is 75.7 Å². The number of methoxy groups -OCH3 is 1. The minimum absolute atomic E-state index is 0.103. The van der Waals surface area contributed by atoms with Crippen LogP contribution in [0.4, 0.5) is 37.6 Å². The van der Waals surface area contributed by atoms with Gasteiger partial charge in [-0.25, -0.2) is 13.8 Å². The number of halogens is 2. The van der Waals surface area contributed by atoms with Crippen LogP contribution in [0.2, 0.25) is 0 Å². The summed E-state index contributed by atoms with van der Waals surface area (Å²) in [5, 5.41) is 6.63. The molecule has 0 saturated carbocycles. The highest BCUT2D eigenvalue weighted by Gasteiger charge is 2.41. The van der Waals surface area contributed by atoms with E-state index in [1.807, 2.05) is 12.1 Å². The van der Waals surface area contributed by atoms with Crippen molar-refractivity contribution in [1.82, 2.24) is 29.7 Å². The second-order valence-electron chi connectivity index (χ2n) is 14.0. The van der Waals surface area contributed by atoms with Gasteiger partial charge >= 0.3 is 0 Å². The molecule has 3 saturated heterocycles. The molecule has 0 bridgehead atoms. The molecule has 49 heavy (non-hydrogen) atoms. The van der Waals surface area contributed by atoms with Crippen LogP contribution in [0.15, 0.2) is 42.9 Å². The molecule has 0 amide bonds. The fraction of sp³-hybridized carbons (Fsp3) is 0.486. The average Bonchev–Trinajstić information content (AvgIpc) is 3.62. The van der Waals surface area contributed by atoms with Crippen molar-refractivity contribution in [2.45, 2.75) is 32.2 Å². The lowest BCUT2D eigenvalue weighted by molar-refractivity contribution is 0.151. The number of nitrogens with one attached hydrogen (secondary N) is 2. The Morgan fingerprint density at radius 3 is 2.35 bits per heavy atom. The van der Waals surface area contributed by atoms with Crippen molar-refractivity contribution in [1.29, 1.82) is 0 Å². The Hall–Kier alpha value is -3.93. The van der Waals surface area contributed by atoms with Crippen molar-refractivity contribution in [3.63, 3.8) is 0 Å². The van der Waals surface area contributed by atoms with Crippen LogP contribution >= 0.6 is 7.14 Å². The van der Waals surface area contributed by atoms with Crippen LogP contribution in [0, 0.1) is 18.8 Å². The van der Waals surface area contributed by atoms with Gasteiger partial charge in [0.1, 0.15) is 24.2 Å². The molecule has 3 aliphatic heterocycles. The summed E-state index contributed by atoms with van der Waals surface area (Å²) in [5.41, 5.74) is 3.79. The molecular formula is C35H44F2N9O2P. The van der Waals surface area contributed by atoms with E-state index < -0.39 is 13.6 Å². The van der Waals surface area contributed by atoms with Crippen molar-refractivity contribution < 1.29 is 18.1 Å². The fourth-order valence-electron chi connectivity index (χ4n) is 7.95. The quantitative estimate of drug-likeness (QED) is 0.206. The lowest BCUT2D eigenvalue weighted by atomic mass is 10.0. The first-order valence-corrected chi connectivity index (χ1v) is 19.4. The first kappa shape index (κ1) is 33.6. The largest absolute Gasteiger partial charge is 0.494 e. The monoisotopic (exact) mass is 691 g/mol. The van der Waals surface area contributed by atoms with Gasteiger partial charge in [-0.2, -0.15) is 4.98 Å². The fourth-order valence-corrected chi connectivity index (χ4v) is 9.34. The number of benzene rings is 2. The predicted molar refractivity (Wildman–Crippen MR) is 191 cm³/mol. The topological polar surface area (TPSA) is 112 Å². The maximum absolute atomic E-state index is 14.2. The molecule has 0 spiro atoms. The van der Waals surface area contributed by atoms with Gasteiger partial charge in [0.2, 0.25) is 5.95 Å². The summed E-state index contributed by atoms with van der Waals surface area (Å²) < 4.78 is 47.6. The number of hydrogen-bond acceptors (Lipinski definition) is 11. The van der Waals surface area contributed by atoms with Crippen molar-refractivity contribution in [3.05, 3.63) is 54.0 Å². The first-order valence-electron chi connectivity index (χ1n) is 16.8. The number of likely N-dealkylation sites (tertiary alicyclic amines) is 2. The third-order valence-corrected chi connectivity index (χ3v) is 11.8. The van der Waals surface area contributed by atoms with Crippen LogP contribution < -0.4 is 25.6 Å². The van der Waals surface area contributed by atoms with E-state index in [0.717, 1.165) is 55.2 Å². The predicted octanol–water partition coefficient (Wildman–Crippen LogP) is 5.87. The number of alkyl halides is 2. The molecule has 5 heterocycles. The van der Waals surface area contributed by atoms with E-state index in [1.54, 1.807) is 38.8 Å². The lowest BCUT2D eigenvalue weighted by Gasteiger charge is -2.39. The summed E-state index contributed by atoms with van der Waals surface area (Å²) in [6.07, 6.45) is 3.59. The highest BCUT2D eigenvalue weighted by molar-refractivity contribution is 7.71. The van der Waals surface area contributed by atoms with Gasteiger partial charge in [-0.1, -0.05) is 0 Å². The Bertz CT molecular complexity index is 1880. The van der Waals surface area contributed by atoms with Crippen LogP contribution in [0.5, 0.6) is 5.75 Å². The Balaban J connectivity index is 1.10. The minimum atomic E-state index is -2.93. The van der Waals surface area contributed by atoms with Gasteiger partial charge in [-0.3, -0.25) is 14.9 Å². The van der Waals surface area contributed by atoms with E-state index in [2.05, 4.69) is 59.2 Å². The van der Waals surface area contributed by atoms with Gasteiger partial charge in [0.05, 0.1) is 34.9 Å². The minimum Gasteiger partial charge on any atom is -0.494 e. The number of hydrogen-bond donors (Lipinski definition) is 2. The Morgan fingerprint density at radius 1 is 0.959 bits per heavy atom. The summed E-state index contributed by atoms with van der Waals surface area (Å²) in [6.45, 7) is 12.1. The highest BCUT2D eigenvalue weighted by atomic mass is 31.2. The number of aryl methyl sites for hydroxylation is 1. The van der Waals surface area contributed by atoms with Crippen molar-refractivity contribution >= 4 is 52.3 Å². The zero-order valence-electron chi connectivity index (χ0n) is 28.7. The molecule has 260 valence electrons. The zero-order chi connectivity index (χ0) is 34.4. The summed E-state index contributed by atoms with van der Waals surface area (Å²) >= 11 is 0. The molecule has 2 aromatic heterocycles. The van der Waals surface area contributed by atoms with Crippen LogP contribution in [-0.4, -0.2) is 103 Å². The standard InChI is InChI=1S/C35H44F2N9O2P/c1-21-14-28(30(48-3)15-29(21)45-12-8-24(9-13-45)46-19-22-17-44(2)18-23(22)20-46)42-35-40-16-25(33(36)37)34(43-35)41-27-7-6-26-31(39-11-10-38-26)32(27)49(4,5)47/h6-7,10-11,14-16,22-24,33H,8-9,12-13,17-20H2,1-5H3,(H2,40,41,42,43)/t22-,23+. The number of nitrogens with zero attached hydrogens (tertiary/aromatic N) is 7. The Morgan fingerprint density at radius 2 is 1.67 bits per heavy atom. The summed E-state index contributed by atoms with van der Waals surface area (Å²) in [6, 6.07) is 8.02. The summed E-state index contributed by atoms with van der Waals surface area (Å²) in [4.78, 5) is 25.0. The number of piperidine rings is 1. The van der Waals surface area contributed by atoms with Crippen LogP contribution in [0.3, 0.4) is 0 Å². The van der Waals surface area contributed by atoms with Crippen LogP contribution in [-0.2, 0) is 4.57 Å². The van der Waals surface area contributed by atoms with Gasteiger partial charge in [0.25, 0.3) is 6.43 Å². The van der Waals surface area contributed by atoms with Gasteiger partial charge in [0, 0.05) is 75.7 Å². The van der Waals surface area contributed by atoms with E-state index in [9.17, 15) is 13.3 Å². The molecule has 14 heteroatoms. The maximum atomic E-state index is 14.2. The molecule has 0 radical (unpaired) electrons. The van der Waals surface area contributed by atoms with E-state index in [4.69, 9.17) is 4.74 Å². The Labute approximate surface area is 285 Å². The third kappa shape index (κ3) is 6.80. The summed E-state index contributed by atoms with van der Waals surface area (Å²) in [5.74, 6) is 2.24. The Kier molecular flexibility index (Phi) is 9.19. The number of rotatable bonds is 9. The molecule has 3 aliphatic rings. The molecule has 11 nitrogen and oxygen atoms in total. The lowest BCUT2D eigenvalue weighted by Crippen LogP contribution is -2.45. The van der Waals surface area contributed by atoms with Gasteiger partial charge in [-0.15, -0.1) is 0 Å². The van der Waals surface area contributed by atoms with Crippen molar-refractivity contribution in [3.8, 4) is 5.75 Å². The normalized spacial score (nSPS) is 20.7. The smallest absolute Gasteiger partial charge is 0.268 e. The van der Waals surface area contributed by atoms with Crippen LogP contribution in [0.25, 0.3) is 11.0 Å². The van der Waals surface area contributed by atoms with Crippen molar-refractivity contribution in [2.24, 2.45) is 11.8 Å². The van der Waals surface area contributed by atoms with E-state index in [-0.39, 0.29) is 17.3 Å². The molecular weight excluding hydrogens is 647 g/mol.